The molecule has 0 aromatic carbocycles. The van der Waals surface area contributed by atoms with Crippen LogP contribution < -0.4 is 0 Å². The fraction of sp³-hybridized carbons (Fsp3) is 0.714. The van der Waals surface area contributed by atoms with E-state index in [0.29, 0.717) is 25.7 Å². The monoisotopic (exact) mass is 752 g/mol. The maximum Gasteiger partial charge on any atom is 0.469 e. The molecule has 0 spiro atoms. The van der Waals surface area contributed by atoms with Gasteiger partial charge in [0, 0.05) is 12.8 Å². The van der Waals surface area contributed by atoms with Gasteiger partial charge in [-0.2, -0.15) is 0 Å². The Labute approximate surface area is 316 Å². The number of esters is 2. The number of hydrogen-bond acceptors (Lipinski definition) is 7. The minimum absolute atomic E-state index is 0.155. The molecule has 0 radical (unpaired) electrons. The molecule has 3 N–H and O–H groups in total. The van der Waals surface area contributed by atoms with Crippen molar-refractivity contribution in [2.24, 2.45) is 5.92 Å². The molecule has 0 rings (SSSR count). The predicted octanol–water partition coefficient (Wildman–Crippen LogP) is 11.0. The topological polar surface area (TPSA) is 140 Å². The SMILES string of the molecule is CC/C=C\C/C=C\CC(O)/C=C/C=C\C/C=C\CCCC(=O)OC[C@H](COP(=O)(O)O)OC(=O)CCCCCCCCCCCCCCCC(C)C. The van der Waals surface area contributed by atoms with E-state index in [-0.39, 0.29) is 19.4 Å². The highest BCUT2D eigenvalue weighted by atomic mass is 31.2. The number of phosphoric acid groups is 1. The molecule has 0 amide bonds. The van der Waals surface area contributed by atoms with Gasteiger partial charge in [-0.1, -0.05) is 165 Å². The Bertz CT molecular complexity index is 1060. The lowest BCUT2D eigenvalue weighted by Gasteiger charge is -2.18. The molecule has 1 unspecified atom stereocenters. The molecule has 300 valence electrons. The van der Waals surface area contributed by atoms with Crippen LogP contribution in [0, 0.1) is 5.92 Å². The largest absolute Gasteiger partial charge is 0.469 e. The van der Waals surface area contributed by atoms with Crippen LogP contribution in [-0.4, -0.2) is 52.3 Å². The van der Waals surface area contributed by atoms with Gasteiger partial charge in [0.15, 0.2) is 6.10 Å². The van der Waals surface area contributed by atoms with Crippen molar-refractivity contribution in [2.45, 2.75) is 174 Å². The number of rotatable bonds is 35. The van der Waals surface area contributed by atoms with Gasteiger partial charge in [-0.25, -0.2) is 4.57 Å². The van der Waals surface area contributed by atoms with Gasteiger partial charge in [0.2, 0.25) is 0 Å². The lowest BCUT2D eigenvalue weighted by atomic mass is 10.0. The molecule has 0 aliphatic carbocycles. The Morgan fingerprint density at radius 1 is 0.654 bits per heavy atom. The summed E-state index contributed by atoms with van der Waals surface area (Å²) < 4.78 is 26.3. The Morgan fingerprint density at radius 2 is 1.21 bits per heavy atom. The molecule has 0 aromatic rings. The van der Waals surface area contributed by atoms with E-state index in [2.05, 4.69) is 37.4 Å². The second-order valence-corrected chi connectivity index (χ2v) is 15.2. The van der Waals surface area contributed by atoms with Crippen LogP contribution in [0.2, 0.25) is 0 Å². The molecular formula is C42H73O9P. The molecule has 10 heteroatoms. The number of aliphatic hydroxyl groups is 1. The number of carbonyl (C=O) groups excluding carboxylic acids is 2. The summed E-state index contributed by atoms with van der Waals surface area (Å²) in [6.07, 6.45) is 39.8. The van der Waals surface area contributed by atoms with E-state index in [1.807, 2.05) is 42.5 Å². The highest BCUT2D eigenvalue weighted by Gasteiger charge is 2.22. The number of allylic oxidation sites excluding steroid dienone is 8. The van der Waals surface area contributed by atoms with Crippen molar-refractivity contribution < 1.29 is 43.0 Å². The number of ether oxygens (including phenoxy) is 2. The molecule has 0 fully saturated rings. The zero-order valence-electron chi connectivity index (χ0n) is 32.7. The van der Waals surface area contributed by atoms with Gasteiger partial charge in [0.25, 0.3) is 0 Å². The van der Waals surface area contributed by atoms with Gasteiger partial charge in [0.05, 0.1) is 12.7 Å². The Hall–Kier alpha value is -2.29. The van der Waals surface area contributed by atoms with Crippen molar-refractivity contribution in [3.8, 4) is 0 Å². The minimum atomic E-state index is -4.78. The van der Waals surface area contributed by atoms with Crippen LogP contribution in [0.4, 0.5) is 0 Å². The molecule has 0 aromatic heterocycles. The summed E-state index contributed by atoms with van der Waals surface area (Å²) in [5.41, 5.74) is 0. The highest BCUT2D eigenvalue weighted by Crippen LogP contribution is 2.36. The number of hydrogen-bond donors (Lipinski definition) is 3. The van der Waals surface area contributed by atoms with Gasteiger partial charge in [-0.15, -0.1) is 0 Å². The summed E-state index contributed by atoms with van der Waals surface area (Å²) in [5, 5.41) is 9.97. The van der Waals surface area contributed by atoms with Gasteiger partial charge < -0.3 is 24.4 Å². The number of aliphatic hydroxyl groups excluding tert-OH is 1. The Kier molecular flexibility index (Phi) is 34.2. The summed E-state index contributed by atoms with van der Waals surface area (Å²) >= 11 is 0. The third kappa shape index (κ3) is 38.9. The number of carbonyl (C=O) groups is 2. The lowest BCUT2D eigenvalue weighted by molar-refractivity contribution is -0.161. The molecule has 0 saturated heterocycles. The normalized spacial score (nSPS) is 13.8. The zero-order chi connectivity index (χ0) is 38.5. The van der Waals surface area contributed by atoms with Crippen LogP contribution in [0.25, 0.3) is 0 Å². The summed E-state index contributed by atoms with van der Waals surface area (Å²) in [4.78, 5) is 42.8. The summed E-state index contributed by atoms with van der Waals surface area (Å²) in [6.45, 7) is 5.77. The van der Waals surface area contributed by atoms with E-state index in [0.717, 1.165) is 44.4 Å². The van der Waals surface area contributed by atoms with Crippen LogP contribution >= 0.6 is 7.82 Å². The van der Waals surface area contributed by atoms with Crippen molar-refractivity contribution in [3.05, 3.63) is 60.8 Å². The van der Waals surface area contributed by atoms with Gasteiger partial charge in [0.1, 0.15) is 6.61 Å². The fourth-order valence-corrected chi connectivity index (χ4v) is 5.68. The number of unbranched alkanes of at least 4 members (excludes halogenated alkanes) is 13. The third-order valence-electron chi connectivity index (χ3n) is 8.31. The smallest absolute Gasteiger partial charge is 0.462 e. The average Bonchev–Trinajstić information content (AvgIpc) is 3.09. The van der Waals surface area contributed by atoms with E-state index < -0.39 is 38.6 Å². The minimum Gasteiger partial charge on any atom is -0.462 e. The third-order valence-corrected chi connectivity index (χ3v) is 8.79. The van der Waals surface area contributed by atoms with E-state index in [1.165, 1.54) is 64.2 Å². The lowest BCUT2D eigenvalue weighted by Crippen LogP contribution is -2.29. The molecule has 0 bridgehead atoms. The van der Waals surface area contributed by atoms with Gasteiger partial charge in [-0.3, -0.25) is 14.1 Å². The fourth-order valence-electron chi connectivity index (χ4n) is 5.32. The summed E-state index contributed by atoms with van der Waals surface area (Å²) in [7, 11) is -4.78. The molecule has 9 nitrogen and oxygen atoms in total. The first-order valence-corrected chi connectivity index (χ1v) is 21.6. The second-order valence-electron chi connectivity index (χ2n) is 13.9. The second kappa shape index (κ2) is 35.7. The Balaban J connectivity index is 4.10. The van der Waals surface area contributed by atoms with Crippen molar-refractivity contribution in [3.63, 3.8) is 0 Å². The zero-order valence-corrected chi connectivity index (χ0v) is 33.6. The van der Waals surface area contributed by atoms with E-state index in [1.54, 1.807) is 6.08 Å². The molecular weight excluding hydrogens is 679 g/mol. The number of phosphoric ester groups is 1. The van der Waals surface area contributed by atoms with Crippen LogP contribution in [0.1, 0.15) is 162 Å². The molecule has 0 aliphatic heterocycles. The van der Waals surface area contributed by atoms with Crippen molar-refractivity contribution >= 4 is 19.8 Å². The van der Waals surface area contributed by atoms with Crippen LogP contribution in [0.3, 0.4) is 0 Å². The molecule has 52 heavy (non-hydrogen) atoms. The molecule has 2 atom stereocenters. The van der Waals surface area contributed by atoms with Gasteiger partial charge >= 0.3 is 19.8 Å². The van der Waals surface area contributed by atoms with Crippen molar-refractivity contribution in [1.82, 2.24) is 0 Å². The summed E-state index contributed by atoms with van der Waals surface area (Å²) in [5.74, 6) is -0.178. The Morgan fingerprint density at radius 3 is 1.83 bits per heavy atom. The van der Waals surface area contributed by atoms with Crippen LogP contribution in [-0.2, 0) is 28.2 Å². The van der Waals surface area contributed by atoms with E-state index in [4.69, 9.17) is 19.3 Å². The molecule has 0 aliphatic rings. The average molecular weight is 753 g/mol. The van der Waals surface area contributed by atoms with E-state index >= 15 is 0 Å². The maximum absolute atomic E-state index is 12.4. The van der Waals surface area contributed by atoms with Crippen molar-refractivity contribution in [2.75, 3.05) is 13.2 Å². The van der Waals surface area contributed by atoms with Crippen molar-refractivity contribution in [1.29, 1.82) is 0 Å². The highest BCUT2D eigenvalue weighted by molar-refractivity contribution is 7.46. The van der Waals surface area contributed by atoms with E-state index in [9.17, 15) is 19.3 Å². The van der Waals surface area contributed by atoms with Crippen LogP contribution in [0.15, 0.2) is 60.8 Å². The molecule has 0 saturated carbocycles. The first-order chi connectivity index (χ1) is 25.0. The first-order valence-electron chi connectivity index (χ1n) is 20.0. The summed E-state index contributed by atoms with van der Waals surface area (Å²) in [6, 6.07) is 0. The quantitative estimate of drug-likeness (QED) is 0.0190. The predicted molar refractivity (Wildman–Crippen MR) is 213 cm³/mol. The molecule has 0 heterocycles. The van der Waals surface area contributed by atoms with Gasteiger partial charge in [-0.05, 0) is 50.9 Å². The van der Waals surface area contributed by atoms with Crippen LogP contribution in [0.5, 0.6) is 0 Å². The first kappa shape index (κ1) is 49.7. The standard InChI is InChI=1S/C42H73O9P/c1-4-5-6-7-22-27-32-39(43)33-28-23-18-15-16-19-24-29-34-41(44)49-36-40(37-50-52(46,47)48)51-42(45)35-30-25-20-14-12-10-8-9-11-13-17-21-26-31-38(2)3/h5-6,16,18-19,22-23,27-28,33,38-40,43H,4,7-15,17,20-21,24-26,29-32,34-37H2,1-3H3,(H2,46,47,48)/b6-5-,19-16-,23-18-,27-22-,33-28+/t39?,40-/m1/s1. The maximum atomic E-state index is 12.4.